The number of aldehydes is 1. The highest BCUT2D eigenvalue weighted by atomic mass is 19.4. The molecule has 0 saturated heterocycles. The molecule has 4 N–H and O–H groups in total. The quantitative estimate of drug-likeness (QED) is 0.331. The molecule has 0 aliphatic carbocycles. The first-order chi connectivity index (χ1) is 19.5. The molecule has 42 heavy (non-hydrogen) atoms. The number of fused-ring (bicyclic) bond motifs is 1. The lowest BCUT2D eigenvalue weighted by atomic mass is 10.0. The molecule has 0 aromatic heterocycles. The zero-order valence-electron chi connectivity index (χ0n) is 21.8. The number of nitrogens with zero attached hydrogens (tertiary/aromatic N) is 1. The molecule has 228 valence electrons. The topological polar surface area (TPSA) is 155 Å². The van der Waals surface area contributed by atoms with E-state index < -0.39 is 36.3 Å². The van der Waals surface area contributed by atoms with Gasteiger partial charge in [0.05, 0.1) is 19.0 Å². The number of benzene rings is 2. The number of rotatable bonds is 8. The van der Waals surface area contributed by atoms with Gasteiger partial charge >= 0.3 is 12.1 Å². The summed E-state index contributed by atoms with van der Waals surface area (Å²) in [7, 11) is 0. The van der Waals surface area contributed by atoms with E-state index in [2.05, 4.69) is 20.9 Å². The van der Waals surface area contributed by atoms with E-state index in [1.54, 1.807) is 36.4 Å². The van der Waals surface area contributed by atoms with Crippen LogP contribution in [0.1, 0.15) is 61.5 Å². The Morgan fingerprint density at radius 3 is 2.50 bits per heavy atom. The van der Waals surface area contributed by atoms with Crippen molar-refractivity contribution >= 4 is 35.6 Å². The molecular formula is C28H33F3N4O7. The van der Waals surface area contributed by atoms with Crippen LogP contribution in [0.3, 0.4) is 0 Å². The Morgan fingerprint density at radius 1 is 1.05 bits per heavy atom. The third-order valence-corrected chi connectivity index (χ3v) is 5.84. The van der Waals surface area contributed by atoms with Crippen molar-refractivity contribution in [2.45, 2.75) is 51.7 Å². The van der Waals surface area contributed by atoms with Crippen LogP contribution in [-0.4, -0.2) is 61.1 Å². The molecule has 0 radical (unpaired) electrons. The number of carboxylic acid groups (broad SMARTS) is 1. The number of hydrogen-bond acceptors (Lipinski definition) is 8. The third-order valence-electron chi connectivity index (χ3n) is 5.84. The molecule has 2 aliphatic heterocycles. The fourth-order valence-electron chi connectivity index (χ4n) is 3.95. The molecule has 0 bridgehead atoms. The second-order valence-electron chi connectivity index (χ2n) is 9.02. The van der Waals surface area contributed by atoms with E-state index >= 15 is 0 Å². The van der Waals surface area contributed by atoms with Gasteiger partial charge < -0.3 is 30.5 Å². The third kappa shape index (κ3) is 11.1. The number of nitrogens with one attached hydrogen (secondary N) is 3. The zero-order valence-corrected chi connectivity index (χ0v) is 21.8. The average Bonchev–Trinajstić information content (AvgIpc) is 3.26. The van der Waals surface area contributed by atoms with Crippen LogP contribution in [-0.2, 0) is 14.4 Å². The highest BCUT2D eigenvalue weighted by molar-refractivity contribution is 6.00. The van der Waals surface area contributed by atoms with E-state index in [1.807, 2.05) is 6.07 Å². The SMILES string of the molecule is C.O=C(O)CC(NC(=O)CNC(=O)c1cccc(NC2=NCCCCC2)c1)c1ccc2c(c1)OCO2.O=CC(F)(F)F. The van der Waals surface area contributed by atoms with E-state index in [1.165, 1.54) is 0 Å². The first-order valence-electron chi connectivity index (χ1n) is 12.7. The van der Waals surface area contributed by atoms with Gasteiger partial charge in [-0.05, 0) is 48.7 Å². The van der Waals surface area contributed by atoms with Crippen molar-refractivity contribution in [3.63, 3.8) is 0 Å². The van der Waals surface area contributed by atoms with Crippen molar-refractivity contribution in [1.29, 1.82) is 0 Å². The Hall–Kier alpha value is -4.62. The molecule has 11 nitrogen and oxygen atoms in total. The lowest BCUT2D eigenvalue weighted by Gasteiger charge is -2.18. The number of carbonyl (C=O) groups excluding carboxylic acids is 3. The number of halogens is 3. The summed E-state index contributed by atoms with van der Waals surface area (Å²) in [6.45, 7) is 0.586. The lowest BCUT2D eigenvalue weighted by molar-refractivity contribution is -0.156. The van der Waals surface area contributed by atoms with Crippen LogP contribution in [0.15, 0.2) is 47.5 Å². The van der Waals surface area contributed by atoms with Crippen LogP contribution in [0.5, 0.6) is 11.5 Å². The van der Waals surface area contributed by atoms with E-state index in [-0.39, 0.29) is 27.2 Å². The number of anilines is 1. The second-order valence-corrected chi connectivity index (χ2v) is 9.02. The van der Waals surface area contributed by atoms with Gasteiger partial charge in [-0.15, -0.1) is 0 Å². The van der Waals surface area contributed by atoms with Crippen LogP contribution in [0.4, 0.5) is 18.9 Å². The molecule has 2 amide bonds. The van der Waals surface area contributed by atoms with Crippen molar-refractivity contribution in [2.75, 3.05) is 25.2 Å². The zero-order chi connectivity index (χ0) is 29.8. The number of hydrogen-bond donors (Lipinski definition) is 4. The van der Waals surface area contributed by atoms with Gasteiger partial charge in [0.25, 0.3) is 5.91 Å². The predicted octanol–water partition coefficient (Wildman–Crippen LogP) is 4.25. The van der Waals surface area contributed by atoms with Crippen LogP contribution < -0.4 is 25.4 Å². The molecule has 1 atom stereocenters. The summed E-state index contributed by atoms with van der Waals surface area (Å²) < 4.78 is 41.9. The Labute approximate surface area is 240 Å². The second kappa shape index (κ2) is 16.0. The van der Waals surface area contributed by atoms with Gasteiger partial charge in [0, 0.05) is 24.2 Å². The number of carboxylic acids is 1. The Kier molecular flexibility index (Phi) is 12.8. The number of amides is 2. The van der Waals surface area contributed by atoms with Gasteiger partial charge in [-0.25, -0.2) is 0 Å². The van der Waals surface area contributed by atoms with Crippen molar-refractivity contribution in [2.24, 2.45) is 4.99 Å². The maximum atomic E-state index is 12.6. The molecule has 2 aliphatic rings. The number of amidine groups is 1. The van der Waals surface area contributed by atoms with Crippen LogP contribution in [0, 0.1) is 0 Å². The summed E-state index contributed by atoms with van der Waals surface area (Å²) in [6, 6.07) is 11.2. The number of ether oxygens (including phenoxy) is 2. The van der Waals surface area contributed by atoms with Crippen molar-refractivity contribution in [3.8, 4) is 11.5 Å². The smallest absolute Gasteiger partial charge is 0.446 e. The van der Waals surface area contributed by atoms with Crippen LogP contribution in [0.25, 0.3) is 0 Å². The van der Waals surface area contributed by atoms with E-state index in [0.717, 1.165) is 43.8 Å². The maximum absolute atomic E-state index is 12.6. The van der Waals surface area contributed by atoms with E-state index in [4.69, 9.17) is 14.3 Å². The Bertz CT molecular complexity index is 1280. The first-order valence-corrected chi connectivity index (χ1v) is 12.7. The van der Waals surface area contributed by atoms with Crippen LogP contribution >= 0.6 is 0 Å². The largest absolute Gasteiger partial charge is 0.481 e. The summed E-state index contributed by atoms with van der Waals surface area (Å²) in [5.41, 5.74) is 1.72. The highest BCUT2D eigenvalue weighted by Crippen LogP contribution is 2.34. The molecule has 2 aromatic carbocycles. The first kappa shape index (κ1) is 33.6. The van der Waals surface area contributed by atoms with Crippen molar-refractivity contribution in [1.82, 2.24) is 10.6 Å². The molecule has 2 heterocycles. The van der Waals surface area contributed by atoms with E-state index in [0.29, 0.717) is 22.6 Å². The van der Waals surface area contributed by atoms with Crippen molar-refractivity contribution in [3.05, 3.63) is 53.6 Å². The fourth-order valence-corrected chi connectivity index (χ4v) is 3.95. The molecule has 4 rings (SSSR count). The van der Waals surface area contributed by atoms with Gasteiger partial charge in [-0.2, -0.15) is 13.2 Å². The summed E-state index contributed by atoms with van der Waals surface area (Å²) in [5, 5.41) is 17.8. The number of aliphatic carboxylic acids is 1. The maximum Gasteiger partial charge on any atom is 0.446 e. The normalized spacial score (nSPS) is 14.4. The molecule has 14 heteroatoms. The van der Waals surface area contributed by atoms with Crippen LogP contribution in [0.2, 0.25) is 0 Å². The highest BCUT2D eigenvalue weighted by Gasteiger charge is 2.25. The summed E-state index contributed by atoms with van der Waals surface area (Å²) in [5.74, 6) is -0.0335. The summed E-state index contributed by atoms with van der Waals surface area (Å²) in [6.07, 6.45) is -1.84. The molecule has 0 saturated carbocycles. The molecular weight excluding hydrogens is 561 g/mol. The number of aliphatic imine (C=N–C) groups is 1. The number of carbonyl (C=O) groups is 4. The standard InChI is InChI=1S/C25H28N4O6.C2HF3O.CH4/c30-23(29-19(13-24(31)32)16-8-9-20-21(12-16)35-15-34-20)14-27-25(33)17-5-4-6-18(11-17)28-22-7-2-1-3-10-26-22;3-2(4,5)1-6;/h4-6,8-9,11-12,19H,1-3,7,10,13-15H2,(H,26,28)(H,27,33)(H,29,30)(H,31,32);1H;1H4. The monoisotopic (exact) mass is 594 g/mol. The van der Waals surface area contributed by atoms with E-state index in [9.17, 15) is 32.7 Å². The minimum Gasteiger partial charge on any atom is -0.481 e. The number of alkyl halides is 3. The minimum atomic E-state index is -4.64. The lowest BCUT2D eigenvalue weighted by Crippen LogP contribution is -2.39. The molecule has 1 unspecified atom stereocenters. The Balaban J connectivity index is 0.000000798. The molecule has 0 spiro atoms. The summed E-state index contributed by atoms with van der Waals surface area (Å²) >= 11 is 0. The average molecular weight is 595 g/mol. The predicted molar refractivity (Wildman–Crippen MR) is 148 cm³/mol. The molecule has 2 aromatic rings. The fraction of sp³-hybridized carbons (Fsp3) is 0.393. The minimum absolute atomic E-state index is 0. The Morgan fingerprint density at radius 2 is 1.79 bits per heavy atom. The van der Waals surface area contributed by atoms with Gasteiger partial charge in [-0.1, -0.05) is 26.0 Å². The summed E-state index contributed by atoms with van der Waals surface area (Å²) in [4.78, 5) is 49.8. The van der Waals surface area contributed by atoms with Gasteiger partial charge in [0.2, 0.25) is 19.0 Å². The molecule has 0 fully saturated rings. The van der Waals surface area contributed by atoms with Crippen molar-refractivity contribution < 1.29 is 46.9 Å². The van der Waals surface area contributed by atoms with Gasteiger partial charge in [0.15, 0.2) is 11.5 Å². The van der Waals surface area contributed by atoms with Gasteiger partial charge in [-0.3, -0.25) is 24.2 Å². The van der Waals surface area contributed by atoms with Gasteiger partial charge in [0.1, 0.15) is 5.84 Å².